The van der Waals surface area contributed by atoms with Crippen molar-refractivity contribution in [2.75, 3.05) is 14.2 Å². The number of hydrogen-bond donors (Lipinski definition) is 1. The van der Waals surface area contributed by atoms with Gasteiger partial charge < -0.3 is 14.6 Å². The molecule has 0 amide bonds. The molecule has 162 valence electrons. The fourth-order valence-electron chi connectivity index (χ4n) is 5.34. The van der Waals surface area contributed by atoms with Gasteiger partial charge in [-0.15, -0.1) is 0 Å². The van der Waals surface area contributed by atoms with Gasteiger partial charge in [-0.3, -0.25) is 19.7 Å². The summed E-state index contributed by atoms with van der Waals surface area (Å²) in [7, 11) is 2.89. The number of carbonyl (C=O) groups is 2. The Morgan fingerprint density at radius 1 is 1.03 bits per heavy atom. The molecule has 0 radical (unpaired) electrons. The van der Waals surface area contributed by atoms with E-state index < -0.39 is 39.5 Å². The molecule has 0 unspecified atom stereocenters. The highest BCUT2D eigenvalue weighted by molar-refractivity contribution is 6.31. The Balaban J connectivity index is 2.02. The number of carbonyl (C=O) groups excluding carboxylic acids is 2. The van der Waals surface area contributed by atoms with Gasteiger partial charge in [-0.1, -0.05) is 30.3 Å². The van der Waals surface area contributed by atoms with E-state index in [4.69, 9.17) is 9.47 Å². The zero-order valence-electron chi connectivity index (χ0n) is 17.5. The molecular weight excluding hydrogens is 402 g/mol. The number of fused-ring (bicyclic) bond motifs is 1. The van der Waals surface area contributed by atoms with Crippen molar-refractivity contribution < 1.29 is 29.1 Å². The van der Waals surface area contributed by atoms with Crippen molar-refractivity contribution in [1.82, 2.24) is 0 Å². The van der Waals surface area contributed by atoms with Crippen LogP contribution in [0.3, 0.4) is 0 Å². The van der Waals surface area contributed by atoms with Gasteiger partial charge in [0, 0.05) is 22.5 Å². The van der Waals surface area contributed by atoms with E-state index in [0.29, 0.717) is 17.1 Å². The Bertz CT molecular complexity index is 1060. The van der Waals surface area contributed by atoms with Crippen molar-refractivity contribution in [3.8, 4) is 11.5 Å². The fourth-order valence-corrected chi connectivity index (χ4v) is 5.34. The van der Waals surface area contributed by atoms with Gasteiger partial charge in [-0.05, 0) is 31.0 Å². The lowest BCUT2D eigenvalue weighted by molar-refractivity contribution is -0.535. The molecule has 0 heterocycles. The molecule has 31 heavy (non-hydrogen) atoms. The summed E-state index contributed by atoms with van der Waals surface area (Å²) in [5, 5.41) is 23.6. The molecule has 0 bridgehead atoms. The molecule has 1 saturated carbocycles. The maximum absolute atomic E-state index is 13.8. The smallest absolute Gasteiger partial charge is 0.221 e. The molecule has 0 saturated heterocycles. The van der Waals surface area contributed by atoms with E-state index in [1.807, 2.05) is 0 Å². The number of ketones is 2. The Labute approximate surface area is 178 Å². The summed E-state index contributed by atoms with van der Waals surface area (Å²) in [5.41, 5.74) is -3.05. The second kappa shape index (κ2) is 7.16. The Kier molecular flexibility index (Phi) is 4.85. The van der Waals surface area contributed by atoms with Gasteiger partial charge in [0.05, 0.1) is 25.7 Å². The van der Waals surface area contributed by atoms with Crippen LogP contribution in [0.4, 0.5) is 0 Å². The van der Waals surface area contributed by atoms with E-state index in [1.165, 1.54) is 33.3 Å². The zero-order valence-corrected chi connectivity index (χ0v) is 17.5. The van der Waals surface area contributed by atoms with Gasteiger partial charge in [-0.2, -0.15) is 0 Å². The number of ether oxygens (including phenoxy) is 2. The molecular formula is C23H23NO7. The summed E-state index contributed by atoms with van der Waals surface area (Å²) >= 11 is 0. The van der Waals surface area contributed by atoms with Crippen LogP contribution in [-0.4, -0.2) is 47.5 Å². The minimum Gasteiger partial charge on any atom is -0.493 e. The minimum absolute atomic E-state index is 0.0255. The first-order chi connectivity index (χ1) is 14.7. The van der Waals surface area contributed by atoms with Crippen LogP contribution >= 0.6 is 0 Å². The molecule has 4 rings (SSSR count). The number of methoxy groups -OCH3 is 2. The monoisotopic (exact) mass is 425 g/mol. The lowest BCUT2D eigenvalue weighted by Crippen LogP contribution is -2.63. The molecule has 0 aliphatic heterocycles. The number of nitro groups is 1. The Morgan fingerprint density at radius 3 is 2.13 bits per heavy atom. The van der Waals surface area contributed by atoms with Crippen molar-refractivity contribution in [2.45, 2.75) is 37.3 Å². The molecule has 0 aromatic heterocycles. The minimum atomic E-state index is -2.01. The van der Waals surface area contributed by atoms with Crippen LogP contribution in [-0.2, 0) is 0 Å². The molecule has 2 aliphatic rings. The topological polar surface area (TPSA) is 116 Å². The first kappa shape index (κ1) is 21.0. The molecule has 1 spiro atoms. The van der Waals surface area contributed by atoms with E-state index in [2.05, 4.69) is 0 Å². The second-order valence-electron chi connectivity index (χ2n) is 8.27. The average molecular weight is 425 g/mol. The van der Waals surface area contributed by atoms with Crippen LogP contribution in [0.5, 0.6) is 11.5 Å². The summed E-state index contributed by atoms with van der Waals surface area (Å²) in [5.74, 6) is -1.61. The molecule has 8 nitrogen and oxygen atoms in total. The maximum Gasteiger partial charge on any atom is 0.221 e. The molecule has 2 aliphatic carbocycles. The van der Waals surface area contributed by atoms with Crippen LogP contribution < -0.4 is 9.47 Å². The lowest BCUT2D eigenvalue weighted by Gasteiger charge is -2.49. The van der Waals surface area contributed by atoms with Crippen LogP contribution in [0, 0.1) is 15.5 Å². The predicted molar refractivity (Wildman–Crippen MR) is 110 cm³/mol. The number of benzene rings is 2. The first-order valence-corrected chi connectivity index (χ1v) is 9.97. The highest BCUT2D eigenvalue weighted by Crippen LogP contribution is 2.60. The van der Waals surface area contributed by atoms with Gasteiger partial charge in [0.25, 0.3) is 0 Å². The molecule has 8 heteroatoms. The van der Waals surface area contributed by atoms with E-state index >= 15 is 0 Å². The number of aliphatic hydroxyl groups is 1. The normalized spacial score (nSPS) is 26.6. The van der Waals surface area contributed by atoms with E-state index in [0.717, 1.165) is 0 Å². The van der Waals surface area contributed by atoms with Crippen LogP contribution in [0.15, 0.2) is 42.5 Å². The third-order valence-electron chi connectivity index (χ3n) is 6.80. The average Bonchev–Trinajstić information content (AvgIpc) is 2.98. The zero-order chi connectivity index (χ0) is 22.6. The molecule has 2 aromatic carbocycles. The highest BCUT2D eigenvalue weighted by atomic mass is 16.6. The molecule has 1 N–H and O–H groups in total. The van der Waals surface area contributed by atoms with Crippen molar-refractivity contribution in [2.24, 2.45) is 5.41 Å². The van der Waals surface area contributed by atoms with Crippen molar-refractivity contribution in [3.63, 3.8) is 0 Å². The van der Waals surface area contributed by atoms with Crippen LogP contribution in [0.25, 0.3) is 0 Å². The molecule has 2 aromatic rings. The SMILES string of the molecule is COc1ccc([C@@H]2[C@@H]([N+](=O)[O-])CC[C@@](C)(O)C23C(=O)c2ccccc2C3=O)cc1OC. The number of Topliss-reactive ketones (excluding diaryl/α,β-unsaturated/α-hetero) is 2. The summed E-state index contributed by atoms with van der Waals surface area (Å²) in [6.07, 6.45) is -0.0223. The van der Waals surface area contributed by atoms with E-state index in [-0.39, 0.29) is 24.0 Å². The molecule has 1 fully saturated rings. The number of nitrogens with zero attached hydrogens (tertiary/aromatic N) is 1. The standard InChI is InChI=1S/C23H23NO7/c1-22(27)11-10-16(24(28)29)19(13-8-9-17(30-2)18(12-13)31-3)23(22)20(25)14-6-4-5-7-15(14)21(23)26/h4-9,12,16,19,27H,10-11H2,1-3H3/t16-,19+,22+/m0/s1. The quantitative estimate of drug-likeness (QED) is 0.455. The first-order valence-electron chi connectivity index (χ1n) is 9.97. The van der Waals surface area contributed by atoms with Crippen molar-refractivity contribution >= 4 is 11.6 Å². The summed E-state index contributed by atoms with van der Waals surface area (Å²) in [6, 6.07) is 9.82. The Morgan fingerprint density at radius 2 is 1.61 bits per heavy atom. The van der Waals surface area contributed by atoms with E-state index in [1.54, 1.807) is 30.3 Å². The van der Waals surface area contributed by atoms with E-state index in [9.17, 15) is 24.8 Å². The second-order valence-corrected chi connectivity index (χ2v) is 8.27. The van der Waals surface area contributed by atoms with Crippen molar-refractivity contribution in [1.29, 1.82) is 0 Å². The molecule has 3 atom stereocenters. The predicted octanol–water partition coefficient (Wildman–Crippen LogP) is 3.04. The van der Waals surface area contributed by atoms with Gasteiger partial charge in [0.2, 0.25) is 6.04 Å². The van der Waals surface area contributed by atoms with Gasteiger partial charge in [0.1, 0.15) is 5.41 Å². The fraction of sp³-hybridized carbons (Fsp3) is 0.391. The number of hydrogen-bond acceptors (Lipinski definition) is 7. The third kappa shape index (κ3) is 2.71. The lowest BCUT2D eigenvalue weighted by atomic mass is 9.52. The maximum atomic E-state index is 13.8. The van der Waals surface area contributed by atoms with Crippen molar-refractivity contribution in [3.05, 3.63) is 69.3 Å². The van der Waals surface area contributed by atoms with Gasteiger partial charge in [0.15, 0.2) is 23.1 Å². The summed E-state index contributed by atoms with van der Waals surface area (Å²) in [6.45, 7) is 1.43. The van der Waals surface area contributed by atoms with Crippen LogP contribution in [0.1, 0.15) is 52.0 Å². The van der Waals surface area contributed by atoms with Gasteiger partial charge in [-0.25, -0.2) is 0 Å². The summed E-state index contributed by atoms with van der Waals surface area (Å²) < 4.78 is 10.6. The largest absolute Gasteiger partial charge is 0.493 e. The number of rotatable bonds is 4. The third-order valence-corrected chi connectivity index (χ3v) is 6.80. The van der Waals surface area contributed by atoms with Crippen LogP contribution in [0.2, 0.25) is 0 Å². The summed E-state index contributed by atoms with van der Waals surface area (Å²) in [4.78, 5) is 39.2. The highest BCUT2D eigenvalue weighted by Gasteiger charge is 2.72. The van der Waals surface area contributed by atoms with Gasteiger partial charge >= 0.3 is 0 Å². The Hall–Kier alpha value is -3.26.